The summed E-state index contributed by atoms with van der Waals surface area (Å²) in [4.78, 5) is 0. The fourth-order valence-electron chi connectivity index (χ4n) is 1.69. The van der Waals surface area contributed by atoms with Gasteiger partial charge in [-0.05, 0) is 37.5 Å². The Morgan fingerprint density at radius 1 is 1.44 bits per heavy atom. The van der Waals surface area contributed by atoms with E-state index in [2.05, 4.69) is 26.7 Å². The van der Waals surface area contributed by atoms with Crippen molar-refractivity contribution in [2.75, 3.05) is 17.6 Å². The Bertz CT molecular complexity index is 368. The minimum Gasteiger partial charge on any atom is -0.380 e. The van der Waals surface area contributed by atoms with E-state index in [4.69, 9.17) is 0 Å². The number of hydrogen-bond acceptors (Lipinski definition) is 3. The van der Waals surface area contributed by atoms with Crippen LogP contribution in [0.4, 0.5) is 15.9 Å². The molecule has 1 aromatic carbocycles. The van der Waals surface area contributed by atoms with Gasteiger partial charge in [-0.3, -0.25) is 0 Å². The first-order chi connectivity index (χ1) is 7.70. The molecule has 0 radical (unpaired) electrons. The zero-order valence-corrected chi connectivity index (χ0v) is 10.7. The van der Waals surface area contributed by atoms with Crippen molar-refractivity contribution >= 4 is 27.3 Å². The maximum atomic E-state index is 13.5. The normalized spacial score (nSPS) is 15.7. The van der Waals surface area contributed by atoms with Gasteiger partial charge in [0.2, 0.25) is 0 Å². The zero-order valence-electron chi connectivity index (χ0n) is 9.13. The predicted molar refractivity (Wildman–Crippen MR) is 68.1 cm³/mol. The van der Waals surface area contributed by atoms with E-state index in [9.17, 15) is 4.48 Å². The van der Waals surface area contributed by atoms with E-state index in [0.29, 0.717) is 17.0 Å². The lowest BCUT2D eigenvalue weighted by Crippen LogP contribution is -2.30. The minimum atomic E-state index is 0.485. The van der Waals surface area contributed by atoms with Crippen LogP contribution >= 0.6 is 15.9 Å². The van der Waals surface area contributed by atoms with Crippen molar-refractivity contribution in [3.05, 3.63) is 22.7 Å². The molecule has 5 heteroatoms. The van der Waals surface area contributed by atoms with Crippen LogP contribution in [0.15, 0.2) is 22.7 Å². The molecular formula is C11H15BrFN3. The molecule has 2 rings (SSSR count). The number of benzene rings is 1. The summed E-state index contributed by atoms with van der Waals surface area (Å²) in [5, 5.41) is 3.87. The first kappa shape index (κ1) is 11.7. The lowest BCUT2D eigenvalue weighted by Gasteiger charge is -2.29. The summed E-state index contributed by atoms with van der Waals surface area (Å²) >= 11 is 3.40. The minimum absolute atomic E-state index is 0.485. The quantitative estimate of drug-likeness (QED) is 0.658. The standard InChI is InChI=1S/C11H15BrFN3/c1-14-16(13)11-6-5-8(12)7-10(11)15-9-3-2-4-9/h5-7,9,14-15H,2-4H2,1H3. The van der Waals surface area contributed by atoms with Crippen LogP contribution in [0.1, 0.15) is 19.3 Å². The number of hydrazine groups is 1. The van der Waals surface area contributed by atoms with Crippen molar-refractivity contribution in [1.82, 2.24) is 5.43 Å². The molecule has 1 aliphatic carbocycles. The van der Waals surface area contributed by atoms with E-state index < -0.39 is 0 Å². The molecule has 3 nitrogen and oxygen atoms in total. The lowest BCUT2D eigenvalue weighted by molar-refractivity contribution is 0.387. The fraction of sp³-hybridized carbons (Fsp3) is 0.455. The van der Waals surface area contributed by atoms with Crippen LogP contribution in [-0.2, 0) is 0 Å². The average Bonchev–Trinajstić information content (AvgIpc) is 2.22. The summed E-state index contributed by atoms with van der Waals surface area (Å²) in [6.45, 7) is 0. The van der Waals surface area contributed by atoms with Crippen LogP contribution in [0.2, 0.25) is 0 Å². The molecule has 0 unspecified atom stereocenters. The third-order valence-electron chi connectivity index (χ3n) is 2.83. The first-order valence-corrected chi connectivity index (χ1v) is 6.19. The van der Waals surface area contributed by atoms with Gasteiger partial charge in [0, 0.05) is 17.6 Å². The van der Waals surface area contributed by atoms with Crippen molar-refractivity contribution in [3.8, 4) is 0 Å². The van der Waals surface area contributed by atoms with Crippen LogP contribution in [0.5, 0.6) is 0 Å². The summed E-state index contributed by atoms with van der Waals surface area (Å²) < 4.78 is 14.4. The molecule has 0 aliphatic heterocycles. The van der Waals surface area contributed by atoms with E-state index in [1.807, 2.05) is 12.1 Å². The Morgan fingerprint density at radius 3 is 2.75 bits per heavy atom. The van der Waals surface area contributed by atoms with Crippen LogP contribution in [-0.4, -0.2) is 13.1 Å². The summed E-state index contributed by atoms with van der Waals surface area (Å²) in [6.07, 6.45) is 3.59. The van der Waals surface area contributed by atoms with Gasteiger partial charge in [-0.1, -0.05) is 20.4 Å². The smallest absolute Gasteiger partial charge is 0.111 e. The van der Waals surface area contributed by atoms with E-state index >= 15 is 0 Å². The highest BCUT2D eigenvalue weighted by atomic mass is 79.9. The van der Waals surface area contributed by atoms with Crippen LogP contribution in [0.3, 0.4) is 0 Å². The number of nitrogens with zero attached hydrogens (tertiary/aromatic N) is 1. The molecule has 0 amide bonds. The monoisotopic (exact) mass is 287 g/mol. The Balaban J connectivity index is 2.20. The zero-order chi connectivity index (χ0) is 11.5. The molecule has 0 atom stereocenters. The highest BCUT2D eigenvalue weighted by Crippen LogP contribution is 2.32. The molecule has 1 fully saturated rings. The molecule has 0 saturated heterocycles. The van der Waals surface area contributed by atoms with Gasteiger partial charge in [-0.15, -0.1) is 5.23 Å². The van der Waals surface area contributed by atoms with Gasteiger partial charge in [0.25, 0.3) is 0 Å². The van der Waals surface area contributed by atoms with Gasteiger partial charge in [0.05, 0.1) is 5.69 Å². The van der Waals surface area contributed by atoms with E-state index in [1.165, 1.54) is 6.42 Å². The van der Waals surface area contributed by atoms with Gasteiger partial charge in [-0.25, -0.2) is 5.43 Å². The Morgan fingerprint density at radius 2 is 2.19 bits per heavy atom. The van der Waals surface area contributed by atoms with Crippen LogP contribution in [0.25, 0.3) is 0 Å². The maximum absolute atomic E-state index is 13.5. The molecule has 88 valence electrons. The van der Waals surface area contributed by atoms with Crippen molar-refractivity contribution in [3.63, 3.8) is 0 Å². The maximum Gasteiger partial charge on any atom is 0.111 e. The predicted octanol–water partition coefficient (Wildman–Crippen LogP) is 3.24. The van der Waals surface area contributed by atoms with Crippen molar-refractivity contribution in [1.29, 1.82) is 0 Å². The number of nitrogens with one attached hydrogen (secondary N) is 2. The number of hydrogen-bond donors (Lipinski definition) is 2. The lowest BCUT2D eigenvalue weighted by atomic mass is 9.93. The highest BCUT2D eigenvalue weighted by Gasteiger charge is 2.19. The number of rotatable bonds is 4. The van der Waals surface area contributed by atoms with Gasteiger partial charge in [0.15, 0.2) is 0 Å². The van der Waals surface area contributed by atoms with Gasteiger partial charge >= 0.3 is 0 Å². The topological polar surface area (TPSA) is 27.3 Å². The van der Waals surface area contributed by atoms with E-state index in [0.717, 1.165) is 23.0 Å². The van der Waals surface area contributed by atoms with Crippen LogP contribution in [0, 0.1) is 0 Å². The third-order valence-corrected chi connectivity index (χ3v) is 3.32. The summed E-state index contributed by atoms with van der Waals surface area (Å²) in [6, 6.07) is 5.95. The average molecular weight is 288 g/mol. The highest BCUT2D eigenvalue weighted by molar-refractivity contribution is 9.10. The Labute approximate surface area is 103 Å². The Kier molecular flexibility index (Phi) is 3.66. The molecule has 0 aromatic heterocycles. The van der Waals surface area contributed by atoms with Crippen molar-refractivity contribution in [2.24, 2.45) is 0 Å². The second-order valence-corrected chi connectivity index (χ2v) is 4.85. The third kappa shape index (κ3) is 2.47. The number of halogens is 2. The molecule has 0 heterocycles. The summed E-state index contributed by atoms with van der Waals surface area (Å²) in [5.41, 5.74) is 3.79. The summed E-state index contributed by atoms with van der Waals surface area (Å²) in [7, 11) is 1.55. The van der Waals surface area contributed by atoms with Gasteiger partial charge < -0.3 is 5.32 Å². The van der Waals surface area contributed by atoms with E-state index in [-0.39, 0.29) is 0 Å². The Hall–Kier alpha value is -0.810. The molecule has 1 aliphatic rings. The molecule has 1 saturated carbocycles. The fourth-order valence-corrected chi connectivity index (χ4v) is 2.05. The molecule has 0 bridgehead atoms. The molecule has 16 heavy (non-hydrogen) atoms. The van der Waals surface area contributed by atoms with Crippen molar-refractivity contribution in [2.45, 2.75) is 25.3 Å². The molecular weight excluding hydrogens is 273 g/mol. The second kappa shape index (κ2) is 5.01. The summed E-state index contributed by atoms with van der Waals surface area (Å²) in [5.74, 6) is 0. The van der Waals surface area contributed by atoms with E-state index in [1.54, 1.807) is 13.1 Å². The second-order valence-electron chi connectivity index (χ2n) is 3.94. The van der Waals surface area contributed by atoms with Crippen molar-refractivity contribution < 1.29 is 4.48 Å². The largest absolute Gasteiger partial charge is 0.380 e. The number of anilines is 2. The van der Waals surface area contributed by atoms with Gasteiger partial charge in [0.1, 0.15) is 5.69 Å². The van der Waals surface area contributed by atoms with Crippen LogP contribution < -0.4 is 16.0 Å². The SMILES string of the molecule is CNN(F)c1ccc(Br)cc1NC1CCC1. The molecule has 0 spiro atoms. The molecule has 2 N–H and O–H groups in total. The van der Waals surface area contributed by atoms with Gasteiger partial charge in [-0.2, -0.15) is 0 Å². The first-order valence-electron chi connectivity index (χ1n) is 5.40. The molecule has 1 aromatic rings.